The molecule has 4 unspecified atom stereocenters. The lowest BCUT2D eigenvalue weighted by atomic mass is 9.94. The predicted octanol–water partition coefficient (Wildman–Crippen LogP) is 3.56. The molecule has 0 saturated carbocycles. The lowest BCUT2D eigenvalue weighted by Gasteiger charge is -2.25. The maximum Gasteiger partial charge on any atom is 0.124 e. The quantitative estimate of drug-likeness (QED) is 0.921. The fourth-order valence-corrected chi connectivity index (χ4v) is 3.77. The van der Waals surface area contributed by atoms with Crippen LogP contribution in [0.4, 0.5) is 4.39 Å². The number of rotatable bonds is 3. The molecule has 2 aliphatic heterocycles. The molecule has 0 amide bonds. The molecule has 2 fully saturated rings. The van der Waals surface area contributed by atoms with E-state index >= 15 is 0 Å². The second-order valence-electron chi connectivity index (χ2n) is 5.27. The summed E-state index contributed by atoms with van der Waals surface area (Å²) >= 11 is 3.43. The van der Waals surface area contributed by atoms with Gasteiger partial charge in [0.15, 0.2) is 0 Å². The van der Waals surface area contributed by atoms with Gasteiger partial charge in [-0.1, -0.05) is 22.0 Å². The summed E-state index contributed by atoms with van der Waals surface area (Å²) in [4.78, 5) is 0. The van der Waals surface area contributed by atoms with Crippen molar-refractivity contribution in [2.24, 2.45) is 0 Å². The highest BCUT2D eigenvalue weighted by molar-refractivity contribution is 9.10. The van der Waals surface area contributed by atoms with Gasteiger partial charge in [0, 0.05) is 16.6 Å². The van der Waals surface area contributed by atoms with Crippen molar-refractivity contribution in [1.29, 1.82) is 0 Å². The molecule has 4 atom stereocenters. The molecule has 2 aliphatic rings. The van der Waals surface area contributed by atoms with E-state index in [1.165, 1.54) is 25.0 Å². The highest BCUT2D eigenvalue weighted by atomic mass is 79.9. The van der Waals surface area contributed by atoms with Gasteiger partial charge in [0.25, 0.3) is 0 Å². The molecule has 4 heteroatoms. The summed E-state index contributed by atoms with van der Waals surface area (Å²) < 4.78 is 19.7. The van der Waals surface area contributed by atoms with Gasteiger partial charge in [-0.25, -0.2) is 4.39 Å². The van der Waals surface area contributed by atoms with Crippen LogP contribution in [0.25, 0.3) is 0 Å². The number of nitrogens with one attached hydrogen (secondary N) is 1. The van der Waals surface area contributed by atoms with Crippen molar-refractivity contribution in [3.8, 4) is 0 Å². The largest absolute Gasteiger partial charge is 0.373 e. The molecule has 1 N–H and O–H groups in total. The maximum atomic E-state index is 13.1. The van der Waals surface area contributed by atoms with Gasteiger partial charge in [0.1, 0.15) is 5.82 Å². The first kappa shape index (κ1) is 12.6. The molecular formula is C14H17BrFNO. The second kappa shape index (κ2) is 4.91. The highest BCUT2D eigenvalue weighted by Crippen LogP contribution is 2.36. The van der Waals surface area contributed by atoms with Crippen LogP contribution in [0.5, 0.6) is 0 Å². The Morgan fingerprint density at radius 3 is 2.89 bits per heavy atom. The van der Waals surface area contributed by atoms with Crippen LogP contribution in [0.1, 0.15) is 37.8 Å². The zero-order valence-electron chi connectivity index (χ0n) is 10.3. The summed E-state index contributed by atoms with van der Waals surface area (Å²) in [5.41, 5.74) is 1.10. The summed E-state index contributed by atoms with van der Waals surface area (Å²) in [7, 11) is 0. The van der Waals surface area contributed by atoms with E-state index < -0.39 is 0 Å². The first-order valence-electron chi connectivity index (χ1n) is 6.50. The smallest absolute Gasteiger partial charge is 0.124 e. The van der Waals surface area contributed by atoms with E-state index in [1.807, 2.05) is 6.07 Å². The normalized spacial score (nSPS) is 31.8. The van der Waals surface area contributed by atoms with Gasteiger partial charge in [-0.3, -0.25) is 0 Å². The van der Waals surface area contributed by atoms with Crippen LogP contribution in [0, 0.1) is 5.82 Å². The molecule has 0 radical (unpaired) electrons. The number of fused-ring (bicyclic) bond motifs is 2. The third-order valence-electron chi connectivity index (χ3n) is 4.00. The second-order valence-corrected chi connectivity index (χ2v) is 6.12. The Morgan fingerprint density at radius 2 is 2.28 bits per heavy atom. The predicted molar refractivity (Wildman–Crippen MR) is 72.0 cm³/mol. The van der Waals surface area contributed by atoms with Gasteiger partial charge >= 0.3 is 0 Å². The van der Waals surface area contributed by atoms with Crippen LogP contribution in [-0.2, 0) is 4.74 Å². The third kappa shape index (κ3) is 2.33. The van der Waals surface area contributed by atoms with Crippen molar-refractivity contribution < 1.29 is 9.13 Å². The van der Waals surface area contributed by atoms with Gasteiger partial charge in [-0.2, -0.15) is 0 Å². The first-order valence-corrected chi connectivity index (χ1v) is 7.29. The summed E-state index contributed by atoms with van der Waals surface area (Å²) in [5.74, 6) is -0.207. The van der Waals surface area contributed by atoms with Gasteiger partial charge in [0.2, 0.25) is 0 Å². The fraction of sp³-hybridized carbons (Fsp3) is 0.571. The van der Waals surface area contributed by atoms with Crippen LogP contribution in [-0.4, -0.2) is 18.2 Å². The van der Waals surface area contributed by atoms with Gasteiger partial charge in [-0.15, -0.1) is 0 Å². The third-order valence-corrected chi connectivity index (χ3v) is 4.69. The molecule has 2 bridgehead atoms. The Morgan fingerprint density at radius 1 is 1.44 bits per heavy atom. The number of benzene rings is 1. The molecule has 2 nitrogen and oxygen atoms in total. The molecule has 0 aromatic heterocycles. The summed E-state index contributed by atoms with van der Waals surface area (Å²) in [6.07, 6.45) is 4.30. The van der Waals surface area contributed by atoms with Crippen molar-refractivity contribution in [3.63, 3.8) is 0 Å². The van der Waals surface area contributed by atoms with Gasteiger partial charge in [0.05, 0.1) is 12.2 Å². The molecule has 2 saturated heterocycles. The highest BCUT2D eigenvalue weighted by Gasteiger charge is 2.41. The Balaban J connectivity index is 1.69. The van der Waals surface area contributed by atoms with Crippen molar-refractivity contribution >= 4 is 15.9 Å². The molecule has 1 aromatic carbocycles. The topological polar surface area (TPSA) is 21.3 Å². The van der Waals surface area contributed by atoms with Crippen LogP contribution < -0.4 is 5.32 Å². The maximum absolute atomic E-state index is 13.1. The lowest BCUT2D eigenvalue weighted by Crippen LogP contribution is -2.39. The molecule has 18 heavy (non-hydrogen) atoms. The van der Waals surface area contributed by atoms with E-state index in [2.05, 4.69) is 28.2 Å². The standard InChI is InChI=1S/C14H17BrFNO/c1-8(11-4-2-9(16)6-12(11)15)17-13-7-10-3-5-14(13)18-10/h2,4,6,8,10,13-14,17H,3,5,7H2,1H3. The van der Waals surface area contributed by atoms with Crippen LogP contribution in [0.3, 0.4) is 0 Å². The molecule has 0 spiro atoms. The number of hydrogen-bond donors (Lipinski definition) is 1. The lowest BCUT2D eigenvalue weighted by molar-refractivity contribution is 0.0962. The monoisotopic (exact) mass is 313 g/mol. The Kier molecular flexibility index (Phi) is 3.43. The first-order chi connectivity index (χ1) is 8.63. The summed E-state index contributed by atoms with van der Waals surface area (Å²) in [6.45, 7) is 2.12. The zero-order chi connectivity index (χ0) is 12.7. The van der Waals surface area contributed by atoms with E-state index in [0.717, 1.165) is 16.5 Å². The Bertz CT molecular complexity index is 453. The Labute approximate surface area is 115 Å². The molecule has 1 aromatic rings. The minimum atomic E-state index is -0.207. The van der Waals surface area contributed by atoms with E-state index in [9.17, 15) is 4.39 Å². The van der Waals surface area contributed by atoms with E-state index in [-0.39, 0.29) is 11.9 Å². The van der Waals surface area contributed by atoms with Crippen LogP contribution in [0.15, 0.2) is 22.7 Å². The number of ether oxygens (including phenoxy) is 1. The van der Waals surface area contributed by atoms with Crippen molar-refractivity contribution in [2.75, 3.05) is 0 Å². The van der Waals surface area contributed by atoms with E-state index in [0.29, 0.717) is 18.2 Å². The number of halogens is 2. The zero-order valence-corrected chi connectivity index (χ0v) is 11.9. The van der Waals surface area contributed by atoms with Crippen LogP contribution >= 0.6 is 15.9 Å². The molecule has 98 valence electrons. The van der Waals surface area contributed by atoms with E-state index in [1.54, 1.807) is 0 Å². The number of hydrogen-bond acceptors (Lipinski definition) is 2. The van der Waals surface area contributed by atoms with Crippen LogP contribution in [0.2, 0.25) is 0 Å². The van der Waals surface area contributed by atoms with Crippen molar-refractivity contribution in [3.05, 3.63) is 34.1 Å². The van der Waals surface area contributed by atoms with Gasteiger partial charge < -0.3 is 10.1 Å². The minimum Gasteiger partial charge on any atom is -0.373 e. The summed E-state index contributed by atoms with van der Waals surface area (Å²) in [6, 6.07) is 5.51. The molecule has 0 aliphatic carbocycles. The average Bonchev–Trinajstić information content (AvgIpc) is 2.90. The molecule has 2 heterocycles. The minimum absolute atomic E-state index is 0.202. The Hall–Kier alpha value is -0.450. The SMILES string of the molecule is CC(NC1CC2CCC1O2)c1ccc(F)cc1Br. The van der Waals surface area contributed by atoms with E-state index in [4.69, 9.17) is 4.74 Å². The molecule has 3 rings (SSSR count). The fourth-order valence-electron chi connectivity index (χ4n) is 3.08. The van der Waals surface area contributed by atoms with Gasteiger partial charge in [-0.05, 0) is 43.9 Å². The average molecular weight is 314 g/mol. The van der Waals surface area contributed by atoms with Crippen molar-refractivity contribution in [1.82, 2.24) is 5.32 Å². The summed E-state index contributed by atoms with van der Waals surface area (Å²) in [5, 5.41) is 3.61. The molecular weight excluding hydrogens is 297 g/mol. The van der Waals surface area contributed by atoms with Crippen molar-refractivity contribution in [2.45, 2.75) is 50.5 Å².